The number of aromatic nitrogens is 3. The molecule has 1 amide bonds. The Morgan fingerprint density at radius 3 is 2.43 bits per heavy atom. The molecular weight excluding hydrogens is 955 g/mol. The molecule has 2 saturated heterocycles. The number of sulfonamides is 1. The maximum absolute atomic E-state index is 15.3. The van der Waals surface area contributed by atoms with Crippen molar-refractivity contribution >= 4 is 69.3 Å². The van der Waals surface area contributed by atoms with Crippen LogP contribution in [-0.2, 0) is 26.2 Å². The lowest BCUT2D eigenvalue weighted by Gasteiger charge is -2.39. The van der Waals surface area contributed by atoms with E-state index in [1.165, 1.54) is 28.8 Å². The Kier molecular flexibility index (Phi) is 15.4. The number of nitrogens with one attached hydrogen (secondary N) is 2. The number of allylic oxidation sites excluding steroid dienone is 1. The lowest BCUT2D eigenvalue weighted by Crippen LogP contribution is -2.47. The van der Waals surface area contributed by atoms with Gasteiger partial charge in [0.1, 0.15) is 23.8 Å². The largest absolute Gasteiger partial charge is 0.454 e. The molecule has 2 N–H and O–H groups in total. The zero-order valence-corrected chi connectivity index (χ0v) is 43.0. The number of halogens is 2. The van der Waals surface area contributed by atoms with Gasteiger partial charge in [0, 0.05) is 103 Å². The second-order valence-electron chi connectivity index (χ2n) is 20.5. The number of amides is 1. The minimum Gasteiger partial charge on any atom is -0.454 e. The summed E-state index contributed by atoms with van der Waals surface area (Å²) >= 11 is 6.27. The van der Waals surface area contributed by atoms with E-state index in [4.69, 9.17) is 25.8 Å². The summed E-state index contributed by atoms with van der Waals surface area (Å²) in [4.78, 5) is 29.8. The van der Waals surface area contributed by atoms with Crippen LogP contribution >= 0.6 is 11.6 Å². The molecule has 4 aromatic carbocycles. The van der Waals surface area contributed by atoms with Gasteiger partial charge in [0.2, 0.25) is 0 Å². The molecule has 0 bridgehead atoms. The van der Waals surface area contributed by atoms with E-state index >= 15 is 4.39 Å². The molecule has 0 spiro atoms. The van der Waals surface area contributed by atoms with E-state index in [2.05, 4.69) is 75.8 Å². The van der Waals surface area contributed by atoms with Crippen LogP contribution in [0.1, 0.15) is 61.9 Å². The quantitative estimate of drug-likeness (QED) is 0.0366. The fourth-order valence-corrected chi connectivity index (χ4v) is 10.9. The van der Waals surface area contributed by atoms with Crippen LogP contribution in [0.3, 0.4) is 0 Å². The monoisotopic (exact) mass is 1020 g/mol. The van der Waals surface area contributed by atoms with Gasteiger partial charge in [-0.3, -0.25) is 19.8 Å². The van der Waals surface area contributed by atoms with Crippen molar-refractivity contribution in [2.75, 3.05) is 69.3 Å². The average Bonchev–Trinajstić information content (AvgIpc) is 3.74. The Hall–Kier alpha value is -5.44. The molecule has 0 radical (unpaired) electrons. The number of nitro groups is 1. The Labute approximate surface area is 414 Å². The molecule has 5 aromatic rings. The highest BCUT2D eigenvalue weighted by Gasteiger charge is 2.34. The molecule has 0 atom stereocenters. The first-order valence-electron chi connectivity index (χ1n) is 23.8. The fraction of sp³-hybridized carbons (Fsp3) is 0.460. The van der Waals surface area contributed by atoms with Gasteiger partial charge >= 0.3 is 0 Å². The third-order valence-electron chi connectivity index (χ3n) is 13.4. The number of piperazine rings is 1. The van der Waals surface area contributed by atoms with Gasteiger partial charge in [0.15, 0.2) is 11.3 Å². The summed E-state index contributed by atoms with van der Waals surface area (Å²) in [5, 5.41) is 24.4. The molecule has 2 fully saturated rings. The van der Waals surface area contributed by atoms with Gasteiger partial charge in [-0.2, -0.15) is 0 Å². The van der Waals surface area contributed by atoms with Crippen LogP contribution in [0.4, 0.5) is 21.5 Å². The number of carbonyl (C=O) groups excluding carboxylic acids is 1. The summed E-state index contributed by atoms with van der Waals surface area (Å²) in [5.41, 5.74) is 3.64. The number of carbonyl (C=O) groups is 1. The Morgan fingerprint density at radius 1 is 0.971 bits per heavy atom. The van der Waals surface area contributed by atoms with E-state index in [-0.39, 0.29) is 67.5 Å². The van der Waals surface area contributed by atoms with Crippen molar-refractivity contribution in [2.24, 2.45) is 5.41 Å². The second kappa shape index (κ2) is 21.1. The first-order valence-corrected chi connectivity index (χ1v) is 29.3. The fourth-order valence-electron chi connectivity index (χ4n) is 9.05. The maximum atomic E-state index is 15.3. The molecule has 0 saturated carbocycles. The highest BCUT2D eigenvalue weighted by molar-refractivity contribution is 7.90. The number of anilines is 2. The van der Waals surface area contributed by atoms with Gasteiger partial charge < -0.3 is 24.4 Å². The van der Waals surface area contributed by atoms with Crippen molar-refractivity contribution in [1.29, 1.82) is 0 Å². The normalized spacial score (nSPS) is 17.7. The maximum Gasteiger partial charge on any atom is 0.293 e. The highest BCUT2D eigenvalue weighted by atomic mass is 35.5. The van der Waals surface area contributed by atoms with Crippen molar-refractivity contribution < 1.29 is 36.7 Å². The Bertz CT molecular complexity index is 2860. The van der Waals surface area contributed by atoms with Gasteiger partial charge in [0.05, 0.1) is 20.9 Å². The second-order valence-corrected chi connectivity index (χ2v) is 28.3. The lowest BCUT2D eigenvalue weighted by atomic mass is 9.72. The van der Waals surface area contributed by atoms with Crippen molar-refractivity contribution in [3.05, 3.63) is 111 Å². The first-order chi connectivity index (χ1) is 33.2. The van der Waals surface area contributed by atoms with Crippen LogP contribution in [0.25, 0.3) is 16.6 Å². The molecule has 8 rings (SSSR count). The Morgan fingerprint density at radius 2 is 1.71 bits per heavy atom. The van der Waals surface area contributed by atoms with Gasteiger partial charge in [0.25, 0.3) is 21.6 Å². The highest BCUT2D eigenvalue weighted by Crippen LogP contribution is 2.44. The van der Waals surface area contributed by atoms with E-state index < -0.39 is 45.2 Å². The smallest absolute Gasteiger partial charge is 0.293 e. The molecule has 1 aromatic heterocycles. The summed E-state index contributed by atoms with van der Waals surface area (Å²) in [5.74, 6) is -0.690. The molecule has 3 aliphatic rings. The van der Waals surface area contributed by atoms with Gasteiger partial charge in [-0.1, -0.05) is 74.1 Å². The number of nitrogens with zero attached hydrogens (tertiary/aromatic N) is 6. The topological polar surface area (TPSA) is 183 Å². The number of benzene rings is 4. The number of hydrogen-bond acceptors (Lipinski definition) is 13. The first kappa shape index (κ1) is 50.9. The summed E-state index contributed by atoms with van der Waals surface area (Å²) < 4.78 is 64.5. The number of rotatable bonds is 18. The van der Waals surface area contributed by atoms with E-state index in [1.54, 1.807) is 28.9 Å². The molecule has 0 unspecified atom stereocenters. The number of hydrogen-bond donors (Lipinski definition) is 2. The minimum atomic E-state index is -4.69. The van der Waals surface area contributed by atoms with Gasteiger partial charge in [-0.25, -0.2) is 22.2 Å². The van der Waals surface area contributed by atoms with Crippen LogP contribution in [0.15, 0.2) is 89.3 Å². The lowest BCUT2D eigenvalue weighted by molar-refractivity contribution is -0.384. The standard InChI is InChI=1S/C50H62ClFN8O8SSi/c1-49(2)18-17-36(41(31-49)35-9-11-37(51)12-10-35)32-57-21-23-58(24-22-57)38-13-15-40(46(29-38)68-45-8-6-7-43-47(45)54-56-59(43)34-67-27-28-70(3,4)5)48(61)55-69(64,65)39-14-16-42(44(30-39)60(62)63)53-33-50(52)19-25-66-26-20-50/h6-16,29-30,53H,17-28,31-34H2,1-5H3,(H,55,61). The van der Waals surface area contributed by atoms with Gasteiger partial charge in [-0.05, 0) is 90.4 Å². The van der Waals surface area contributed by atoms with Crippen molar-refractivity contribution in [3.63, 3.8) is 0 Å². The molecule has 3 heterocycles. The molecular formula is C50H62ClFN8O8SSi. The zero-order chi connectivity index (χ0) is 49.8. The number of ether oxygens (including phenoxy) is 3. The minimum absolute atomic E-state index is 0.0578. The summed E-state index contributed by atoms with van der Waals surface area (Å²) in [7, 11) is -6.01. The third-order valence-corrected chi connectivity index (χ3v) is 16.7. The Balaban J connectivity index is 1.04. The predicted octanol–water partition coefficient (Wildman–Crippen LogP) is 9.93. The molecule has 70 heavy (non-hydrogen) atoms. The van der Waals surface area contributed by atoms with Crippen molar-refractivity contribution in [2.45, 2.75) is 88.9 Å². The molecule has 1 aliphatic carbocycles. The molecule has 16 nitrogen and oxygen atoms in total. The van der Waals surface area contributed by atoms with Crippen LogP contribution in [0, 0.1) is 15.5 Å². The zero-order valence-electron chi connectivity index (χ0n) is 40.4. The molecule has 20 heteroatoms. The van der Waals surface area contributed by atoms with E-state index in [1.807, 2.05) is 18.2 Å². The van der Waals surface area contributed by atoms with Crippen LogP contribution in [-0.4, -0.2) is 112 Å². The summed E-state index contributed by atoms with van der Waals surface area (Å²) in [6, 6.07) is 22.6. The van der Waals surface area contributed by atoms with E-state index in [0.29, 0.717) is 35.8 Å². The van der Waals surface area contributed by atoms with Crippen LogP contribution in [0.5, 0.6) is 11.5 Å². The number of fused-ring (bicyclic) bond motifs is 1. The molecule has 374 valence electrons. The SMILES string of the molecule is CC1(C)CCC(CN2CCN(c3ccc(C(=O)NS(=O)(=O)c4ccc(NCC5(F)CCOCC5)c([N+](=O)[O-])c4)c(Oc4cccc5c4nnn5COCC[Si](C)(C)C)c3)CC2)=C(c2ccc(Cl)cc2)C1. The third kappa shape index (κ3) is 12.5. The van der Waals surface area contributed by atoms with Crippen LogP contribution in [0.2, 0.25) is 30.7 Å². The van der Waals surface area contributed by atoms with E-state index in [0.717, 1.165) is 62.8 Å². The summed E-state index contributed by atoms with van der Waals surface area (Å²) in [6.07, 6.45) is 3.36. The van der Waals surface area contributed by atoms with Gasteiger partial charge in [-0.15, -0.1) is 5.10 Å². The van der Waals surface area contributed by atoms with Crippen LogP contribution < -0.4 is 19.7 Å². The van der Waals surface area contributed by atoms with E-state index in [9.17, 15) is 23.3 Å². The van der Waals surface area contributed by atoms with Crippen molar-refractivity contribution in [1.82, 2.24) is 24.6 Å². The summed E-state index contributed by atoms with van der Waals surface area (Å²) in [6.45, 7) is 16.2. The number of alkyl halides is 1. The average molecular weight is 1020 g/mol. The van der Waals surface area contributed by atoms with Crippen molar-refractivity contribution in [3.8, 4) is 11.5 Å². The number of nitro benzene ring substituents is 1. The predicted molar refractivity (Wildman–Crippen MR) is 273 cm³/mol. The molecule has 2 aliphatic heterocycles.